The van der Waals surface area contributed by atoms with Gasteiger partial charge in [-0.25, -0.2) is 14.6 Å². The molecule has 1 aliphatic heterocycles. The molecule has 2 aliphatic rings. The Morgan fingerprint density at radius 1 is 1.17 bits per heavy atom. The van der Waals surface area contributed by atoms with Gasteiger partial charge in [0, 0.05) is 36.6 Å². The van der Waals surface area contributed by atoms with Crippen molar-refractivity contribution < 1.29 is 22.7 Å². The number of rotatable bonds is 11. The SMILES string of the molecule is Cc1cccc(NCCCC2CN(c3nc(-n4ccc(OCC5(C(F)(F)F)CC5)n4)ccc3C(N)=O)C(C)(C)C2)n1. The van der Waals surface area contributed by atoms with E-state index >= 15 is 0 Å². The van der Waals surface area contributed by atoms with Gasteiger partial charge in [-0.1, -0.05) is 6.07 Å². The number of aryl methyl sites for hydroxylation is 1. The number of nitrogens with zero attached hydrogens (tertiary/aromatic N) is 5. The predicted molar refractivity (Wildman–Crippen MR) is 149 cm³/mol. The Hall–Kier alpha value is -3.83. The van der Waals surface area contributed by atoms with E-state index in [1.54, 1.807) is 18.3 Å². The Labute approximate surface area is 237 Å². The molecule has 12 heteroatoms. The molecule has 41 heavy (non-hydrogen) atoms. The number of anilines is 2. The maximum absolute atomic E-state index is 13.3. The highest BCUT2D eigenvalue weighted by molar-refractivity contribution is 5.98. The zero-order chi connectivity index (χ0) is 29.4. The Morgan fingerprint density at radius 3 is 2.63 bits per heavy atom. The van der Waals surface area contributed by atoms with E-state index in [-0.39, 0.29) is 24.3 Å². The van der Waals surface area contributed by atoms with Crippen LogP contribution >= 0.6 is 0 Å². The van der Waals surface area contributed by atoms with Gasteiger partial charge in [-0.3, -0.25) is 4.79 Å². The lowest BCUT2D eigenvalue weighted by molar-refractivity contribution is -0.194. The van der Waals surface area contributed by atoms with E-state index in [2.05, 4.69) is 34.1 Å². The van der Waals surface area contributed by atoms with Crippen molar-refractivity contribution in [2.24, 2.45) is 17.1 Å². The van der Waals surface area contributed by atoms with Crippen LogP contribution in [0.5, 0.6) is 5.88 Å². The summed E-state index contributed by atoms with van der Waals surface area (Å²) in [7, 11) is 0. The first-order valence-corrected chi connectivity index (χ1v) is 13.9. The lowest BCUT2D eigenvalue weighted by Gasteiger charge is -2.33. The summed E-state index contributed by atoms with van der Waals surface area (Å²) in [4.78, 5) is 23.7. The van der Waals surface area contributed by atoms with Crippen molar-refractivity contribution in [3.63, 3.8) is 0 Å². The highest BCUT2D eigenvalue weighted by Crippen LogP contribution is 2.57. The van der Waals surface area contributed by atoms with Gasteiger partial charge in [0.1, 0.15) is 23.7 Å². The van der Waals surface area contributed by atoms with E-state index in [9.17, 15) is 18.0 Å². The molecule has 1 aliphatic carbocycles. The lowest BCUT2D eigenvalue weighted by atomic mass is 9.93. The highest BCUT2D eigenvalue weighted by atomic mass is 19.4. The topological polar surface area (TPSA) is 111 Å². The summed E-state index contributed by atoms with van der Waals surface area (Å²) >= 11 is 0. The molecule has 0 spiro atoms. The van der Waals surface area contributed by atoms with Crippen molar-refractivity contribution in [1.82, 2.24) is 19.7 Å². The second kappa shape index (κ2) is 10.9. The maximum Gasteiger partial charge on any atom is 0.397 e. The zero-order valence-electron chi connectivity index (χ0n) is 23.5. The van der Waals surface area contributed by atoms with Crippen LogP contribution in [-0.4, -0.2) is 57.1 Å². The number of hydrogen-bond donors (Lipinski definition) is 2. The van der Waals surface area contributed by atoms with Crippen LogP contribution in [0.4, 0.5) is 24.8 Å². The number of nitrogens with one attached hydrogen (secondary N) is 1. The maximum atomic E-state index is 13.3. The van der Waals surface area contributed by atoms with Crippen molar-refractivity contribution in [3.8, 4) is 11.7 Å². The molecule has 1 saturated heterocycles. The van der Waals surface area contributed by atoms with Crippen LogP contribution in [0.25, 0.3) is 5.82 Å². The summed E-state index contributed by atoms with van der Waals surface area (Å²) in [6.45, 7) is 7.25. The van der Waals surface area contributed by atoms with E-state index in [0.29, 0.717) is 29.7 Å². The number of pyridine rings is 2. The van der Waals surface area contributed by atoms with Gasteiger partial charge in [0.2, 0.25) is 5.88 Å². The van der Waals surface area contributed by atoms with Crippen molar-refractivity contribution in [1.29, 1.82) is 0 Å². The monoisotopic (exact) mass is 571 g/mol. The number of carbonyl (C=O) groups excluding carboxylic acids is 1. The first-order valence-electron chi connectivity index (χ1n) is 13.9. The molecule has 3 aromatic heterocycles. The first kappa shape index (κ1) is 28.7. The van der Waals surface area contributed by atoms with Gasteiger partial charge in [0.15, 0.2) is 5.82 Å². The first-order chi connectivity index (χ1) is 19.4. The molecule has 0 bridgehead atoms. The van der Waals surface area contributed by atoms with E-state index in [4.69, 9.17) is 15.5 Å². The Kier molecular flexibility index (Phi) is 7.60. The van der Waals surface area contributed by atoms with Crippen molar-refractivity contribution in [3.05, 3.63) is 53.9 Å². The molecule has 5 rings (SSSR count). The number of primary amides is 1. The van der Waals surface area contributed by atoms with Gasteiger partial charge in [-0.15, -0.1) is 5.10 Å². The van der Waals surface area contributed by atoms with Gasteiger partial charge in [-0.2, -0.15) is 13.2 Å². The molecule has 1 amide bonds. The third kappa shape index (κ3) is 6.25. The molecule has 1 saturated carbocycles. The fourth-order valence-corrected chi connectivity index (χ4v) is 5.55. The van der Waals surface area contributed by atoms with Gasteiger partial charge in [0.25, 0.3) is 5.91 Å². The summed E-state index contributed by atoms with van der Waals surface area (Å²) < 4.78 is 46.6. The number of halogens is 3. The second-order valence-electron chi connectivity index (χ2n) is 11.8. The summed E-state index contributed by atoms with van der Waals surface area (Å²) in [6, 6.07) is 10.6. The van der Waals surface area contributed by atoms with E-state index in [1.807, 2.05) is 25.1 Å². The minimum absolute atomic E-state index is 0.0593. The number of ether oxygens (including phenoxy) is 1. The number of hydrogen-bond acceptors (Lipinski definition) is 7. The average molecular weight is 572 g/mol. The normalized spacial score (nSPS) is 19.3. The summed E-state index contributed by atoms with van der Waals surface area (Å²) in [5.74, 6) is 1.63. The quantitative estimate of drug-likeness (QED) is 0.301. The third-order valence-electron chi connectivity index (χ3n) is 8.08. The molecular weight excluding hydrogens is 535 g/mol. The van der Waals surface area contributed by atoms with Crippen LogP contribution in [-0.2, 0) is 0 Å². The predicted octanol–water partition coefficient (Wildman–Crippen LogP) is 5.29. The molecule has 1 atom stereocenters. The number of aromatic nitrogens is 4. The second-order valence-corrected chi connectivity index (χ2v) is 11.8. The van der Waals surface area contributed by atoms with Crippen molar-refractivity contribution in [2.75, 3.05) is 29.9 Å². The lowest BCUT2D eigenvalue weighted by Crippen LogP contribution is -2.40. The van der Waals surface area contributed by atoms with Crippen LogP contribution in [0.2, 0.25) is 0 Å². The minimum Gasteiger partial charge on any atom is -0.476 e. The molecule has 9 nitrogen and oxygen atoms in total. The van der Waals surface area contributed by atoms with Crippen LogP contribution in [0.15, 0.2) is 42.6 Å². The van der Waals surface area contributed by atoms with E-state index in [0.717, 1.165) is 37.3 Å². The Balaban J connectivity index is 1.27. The van der Waals surface area contributed by atoms with Crippen LogP contribution in [0.3, 0.4) is 0 Å². The van der Waals surface area contributed by atoms with Gasteiger partial charge in [-0.05, 0) is 83.1 Å². The average Bonchev–Trinajstić information content (AvgIpc) is 3.46. The van der Waals surface area contributed by atoms with Crippen molar-refractivity contribution in [2.45, 2.75) is 64.6 Å². The standard InChI is InChI=1S/C29H36F3N7O2/c1-19-6-4-8-22(35-19)34-14-5-7-20-16-27(2,3)38(17-20)26-21(25(33)40)9-10-23(36-26)39-15-11-24(37-39)41-18-28(12-13-28)29(30,31)32/h4,6,8-11,15,20H,5,7,12-14,16-18H2,1-3H3,(H2,33,40)(H,34,35). The van der Waals surface area contributed by atoms with Gasteiger partial charge < -0.3 is 20.7 Å². The highest BCUT2D eigenvalue weighted by Gasteiger charge is 2.64. The largest absolute Gasteiger partial charge is 0.476 e. The number of carbonyl (C=O) groups is 1. The Bertz CT molecular complexity index is 1400. The van der Waals surface area contributed by atoms with Crippen LogP contribution in [0, 0.1) is 18.3 Å². The molecular formula is C29H36F3N7O2. The van der Waals surface area contributed by atoms with Crippen LogP contribution < -0.4 is 20.7 Å². The van der Waals surface area contributed by atoms with E-state index in [1.165, 1.54) is 10.7 Å². The summed E-state index contributed by atoms with van der Waals surface area (Å²) in [5.41, 5.74) is 4.94. The molecule has 0 aromatic carbocycles. The number of amides is 1. The molecule has 220 valence electrons. The fourth-order valence-electron chi connectivity index (χ4n) is 5.55. The smallest absolute Gasteiger partial charge is 0.397 e. The molecule has 3 N–H and O–H groups in total. The van der Waals surface area contributed by atoms with Gasteiger partial charge >= 0.3 is 6.18 Å². The molecule has 1 unspecified atom stereocenters. The number of nitrogens with two attached hydrogens (primary N) is 1. The fraction of sp³-hybridized carbons (Fsp3) is 0.517. The van der Waals surface area contributed by atoms with E-state index < -0.39 is 24.1 Å². The minimum atomic E-state index is -4.30. The molecule has 0 radical (unpaired) electrons. The van der Waals surface area contributed by atoms with Gasteiger partial charge in [0.05, 0.1) is 5.56 Å². The number of alkyl halides is 3. The molecule has 3 aromatic rings. The molecule has 2 fully saturated rings. The summed E-state index contributed by atoms with van der Waals surface area (Å²) in [6.07, 6.45) is 0.266. The zero-order valence-corrected chi connectivity index (χ0v) is 23.5. The Morgan fingerprint density at radius 2 is 1.95 bits per heavy atom. The third-order valence-corrected chi connectivity index (χ3v) is 8.08. The summed E-state index contributed by atoms with van der Waals surface area (Å²) in [5, 5.41) is 7.66. The molecule has 4 heterocycles. The van der Waals surface area contributed by atoms with Crippen molar-refractivity contribution >= 4 is 17.5 Å². The van der Waals surface area contributed by atoms with Crippen LogP contribution in [0.1, 0.15) is 62.0 Å².